The Bertz CT molecular complexity index is 1110. The van der Waals surface area contributed by atoms with Crippen LogP contribution in [0.25, 0.3) is 10.9 Å². The number of aromatic nitrogens is 1. The van der Waals surface area contributed by atoms with E-state index in [1.165, 1.54) is 30.3 Å². The standard InChI is InChI=1S/C16H9Cl3N4O5/c17-7-3-10(18)15(11(19)4-7)28-6-13(24)21-22-14-9-5-8(23(26)27)1-2-12(9)20-16(14)25/h1-5,20,25H,6H2. The average Bonchev–Trinajstić information content (AvgIpc) is 2.93. The second-order valence-corrected chi connectivity index (χ2v) is 6.64. The number of carbonyl (C=O) groups excluding carboxylic acids is 1. The smallest absolute Gasteiger partial charge is 0.302 e. The van der Waals surface area contributed by atoms with E-state index in [1.807, 2.05) is 0 Å². The molecule has 28 heavy (non-hydrogen) atoms. The van der Waals surface area contributed by atoms with Gasteiger partial charge in [-0.15, -0.1) is 10.2 Å². The predicted molar refractivity (Wildman–Crippen MR) is 103 cm³/mol. The fourth-order valence-electron chi connectivity index (χ4n) is 2.30. The van der Waals surface area contributed by atoms with Gasteiger partial charge >= 0.3 is 5.91 Å². The summed E-state index contributed by atoms with van der Waals surface area (Å²) >= 11 is 17.7. The molecule has 0 aliphatic rings. The van der Waals surface area contributed by atoms with Crippen LogP contribution in [0.3, 0.4) is 0 Å². The Morgan fingerprint density at radius 2 is 1.89 bits per heavy atom. The summed E-state index contributed by atoms with van der Waals surface area (Å²) in [7, 11) is 0. The summed E-state index contributed by atoms with van der Waals surface area (Å²) in [4.78, 5) is 24.8. The molecule has 0 fully saturated rings. The second kappa shape index (κ2) is 8.01. The Kier molecular flexibility index (Phi) is 5.68. The molecule has 0 unspecified atom stereocenters. The molecule has 0 radical (unpaired) electrons. The van der Waals surface area contributed by atoms with Crippen molar-refractivity contribution in [3.63, 3.8) is 0 Å². The molecule has 0 saturated heterocycles. The number of halogens is 3. The minimum atomic E-state index is -0.804. The highest BCUT2D eigenvalue weighted by molar-refractivity contribution is 6.40. The van der Waals surface area contributed by atoms with Crippen molar-refractivity contribution in [2.75, 3.05) is 6.61 Å². The topological polar surface area (TPSA) is 130 Å². The van der Waals surface area contributed by atoms with Gasteiger partial charge in [-0.1, -0.05) is 34.8 Å². The van der Waals surface area contributed by atoms with E-state index in [1.54, 1.807) is 0 Å². The minimum Gasteiger partial charge on any atom is -0.493 e. The van der Waals surface area contributed by atoms with Crippen LogP contribution in [-0.2, 0) is 4.79 Å². The number of amides is 1. The maximum absolute atomic E-state index is 11.9. The highest BCUT2D eigenvalue weighted by atomic mass is 35.5. The number of azo groups is 1. The molecule has 1 aromatic heterocycles. The molecule has 0 atom stereocenters. The number of hydrogen-bond acceptors (Lipinski definition) is 6. The number of hydrogen-bond donors (Lipinski definition) is 2. The van der Waals surface area contributed by atoms with Crippen LogP contribution >= 0.6 is 34.8 Å². The van der Waals surface area contributed by atoms with Crippen LogP contribution in [0.5, 0.6) is 11.6 Å². The van der Waals surface area contributed by atoms with Gasteiger partial charge in [-0.3, -0.25) is 14.9 Å². The third-order valence-corrected chi connectivity index (χ3v) is 4.29. The largest absolute Gasteiger partial charge is 0.493 e. The van der Waals surface area contributed by atoms with Crippen molar-refractivity contribution >= 4 is 63.0 Å². The maximum atomic E-state index is 11.9. The van der Waals surface area contributed by atoms with E-state index < -0.39 is 23.3 Å². The van der Waals surface area contributed by atoms with E-state index in [2.05, 4.69) is 15.2 Å². The van der Waals surface area contributed by atoms with Gasteiger partial charge in [0.25, 0.3) is 5.69 Å². The van der Waals surface area contributed by atoms with Crippen molar-refractivity contribution in [3.05, 3.63) is 55.5 Å². The van der Waals surface area contributed by atoms with Gasteiger partial charge in [0.1, 0.15) is 0 Å². The highest BCUT2D eigenvalue weighted by Crippen LogP contribution is 2.38. The maximum Gasteiger partial charge on any atom is 0.302 e. The summed E-state index contributed by atoms with van der Waals surface area (Å²) in [6.07, 6.45) is 0. The van der Waals surface area contributed by atoms with Crippen LogP contribution < -0.4 is 4.74 Å². The van der Waals surface area contributed by atoms with Crippen LogP contribution in [0.2, 0.25) is 15.1 Å². The normalized spacial score (nSPS) is 11.2. The van der Waals surface area contributed by atoms with Crippen LogP contribution in [0.15, 0.2) is 40.6 Å². The fourth-order valence-corrected chi connectivity index (χ4v) is 3.23. The number of aromatic amines is 1. The first-order valence-corrected chi connectivity index (χ1v) is 8.60. The SMILES string of the molecule is O=C(COc1c(Cl)cc(Cl)cc1Cl)N=Nc1c(O)[nH]c2ccc([N+](=O)[O-])cc12. The van der Waals surface area contributed by atoms with Gasteiger partial charge in [0, 0.05) is 22.5 Å². The molecule has 0 saturated carbocycles. The average molecular weight is 444 g/mol. The van der Waals surface area contributed by atoms with Crippen LogP contribution in [0.4, 0.5) is 11.4 Å². The lowest BCUT2D eigenvalue weighted by Crippen LogP contribution is -2.08. The first kappa shape index (κ1) is 19.9. The number of ether oxygens (including phenoxy) is 1. The molecule has 144 valence electrons. The van der Waals surface area contributed by atoms with Crippen molar-refractivity contribution in [2.24, 2.45) is 10.2 Å². The quantitative estimate of drug-likeness (QED) is 0.308. The second-order valence-electron chi connectivity index (χ2n) is 5.39. The summed E-state index contributed by atoms with van der Waals surface area (Å²) in [6.45, 7) is -0.534. The number of non-ortho nitro benzene ring substituents is 1. The lowest BCUT2D eigenvalue weighted by atomic mass is 10.2. The van der Waals surface area contributed by atoms with Crippen LogP contribution in [-0.4, -0.2) is 27.5 Å². The van der Waals surface area contributed by atoms with Crippen molar-refractivity contribution in [1.29, 1.82) is 0 Å². The van der Waals surface area contributed by atoms with Crippen molar-refractivity contribution in [2.45, 2.75) is 0 Å². The molecule has 9 nitrogen and oxygen atoms in total. The molecule has 12 heteroatoms. The molecule has 1 amide bonds. The number of nitro benzene ring substituents is 1. The van der Waals surface area contributed by atoms with E-state index in [4.69, 9.17) is 39.5 Å². The zero-order valence-electron chi connectivity index (χ0n) is 13.6. The zero-order chi connectivity index (χ0) is 20.4. The summed E-state index contributed by atoms with van der Waals surface area (Å²) in [6, 6.07) is 6.66. The first-order valence-electron chi connectivity index (χ1n) is 7.47. The Labute approximate surface area is 171 Å². The summed E-state index contributed by atoms with van der Waals surface area (Å²) < 4.78 is 5.24. The Morgan fingerprint density at radius 1 is 1.21 bits per heavy atom. The molecule has 3 aromatic rings. The Morgan fingerprint density at radius 3 is 2.54 bits per heavy atom. The van der Waals surface area contributed by atoms with E-state index in [0.29, 0.717) is 10.5 Å². The van der Waals surface area contributed by atoms with Crippen molar-refractivity contribution < 1.29 is 19.6 Å². The van der Waals surface area contributed by atoms with Crippen molar-refractivity contribution in [1.82, 2.24) is 4.98 Å². The van der Waals surface area contributed by atoms with Gasteiger partial charge in [-0.25, -0.2) is 0 Å². The number of rotatable bonds is 5. The van der Waals surface area contributed by atoms with E-state index >= 15 is 0 Å². The molecule has 0 aliphatic heterocycles. The number of benzene rings is 2. The van der Waals surface area contributed by atoms with Gasteiger partial charge in [0.2, 0.25) is 5.88 Å². The van der Waals surface area contributed by atoms with E-state index in [0.717, 1.165) is 0 Å². The molecule has 1 heterocycles. The molecule has 2 aromatic carbocycles. The lowest BCUT2D eigenvalue weighted by Gasteiger charge is -2.08. The molecular formula is C16H9Cl3N4O5. The summed E-state index contributed by atoms with van der Waals surface area (Å²) in [5.41, 5.74) is 0.0692. The van der Waals surface area contributed by atoms with Crippen LogP contribution in [0.1, 0.15) is 0 Å². The fraction of sp³-hybridized carbons (Fsp3) is 0.0625. The van der Waals surface area contributed by atoms with Gasteiger partial charge in [-0.05, 0) is 18.2 Å². The monoisotopic (exact) mass is 442 g/mol. The van der Waals surface area contributed by atoms with Gasteiger partial charge in [0.15, 0.2) is 18.0 Å². The summed E-state index contributed by atoms with van der Waals surface area (Å²) in [5.74, 6) is -1.14. The minimum absolute atomic E-state index is 0.0573. The number of nitro groups is 1. The molecule has 0 aliphatic carbocycles. The number of nitrogens with one attached hydrogen (secondary N) is 1. The lowest BCUT2D eigenvalue weighted by molar-refractivity contribution is -0.384. The molecular weight excluding hydrogens is 435 g/mol. The van der Waals surface area contributed by atoms with Gasteiger partial charge < -0.3 is 14.8 Å². The molecule has 0 bridgehead atoms. The van der Waals surface area contributed by atoms with Gasteiger partial charge in [0.05, 0.1) is 20.5 Å². The number of aromatic hydroxyl groups is 1. The third kappa shape index (κ3) is 4.16. The van der Waals surface area contributed by atoms with Crippen LogP contribution in [0, 0.1) is 10.1 Å². The molecule has 3 rings (SSSR count). The zero-order valence-corrected chi connectivity index (χ0v) is 15.9. The Balaban J connectivity index is 1.78. The molecule has 2 N–H and O–H groups in total. The van der Waals surface area contributed by atoms with E-state index in [-0.39, 0.29) is 32.6 Å². The number of fused-ring (bicyclic) bond motifs is 1. The van der Waals surface area contributed by atoms with Crippen molar-refractivity contribution in [3.8, 4) is 11.6 Å². The highest BCUT2D eigenvalue weighted by Gasteiger charge is 2.16. The first-order chi connectivity index (χ1) is 13.3. The van der Waals surface area contributed by atoms with E-state index in [9.17, 15) is 20.0 Å². The van der Waals surface area contributed by atoms with Gasteiger partial charge in [-0.2, -0.15) is 0 Å². The predicted octanol–water partition coefficient (Wildman–Crippen LogP) is 5.43. The molecule has 0 spiro atoms. The Hall–Kier alpha value is -2.88. The number of carbonyl (C=O) groups is 1. The third-order valence-electron chi connectivity index (χ3n) is 3.51. The number of H-pyrrole nitrogens is 1. The summed E-state index contributed by atoms with van der Waals surface area (Å²) in [5, 5.41) is 28.7. The number of nitrogens with zero attached hydrogens (tertiary/aromatic N) is 3.